The van der Waals surface area contributed by atoms with Crippen LogP contribution in [-0.4, -0.2) is 65.8 Å². The molecule has 2 heterocycles. The normalized spacial score (nSPS) is 21.1. The predicted octanol–water partition coefficient (Wildman–Crippen LogP) is 3.70. The topological polar surface area (TPSA) is 51.1 Å². The number of aliphatic hydroxyl groups excluding tert-OH is 1. The third-order valence-corrected chi connectivity index (χ3v) is 6.83. The summed E-state index contributed by atoms with van der Waals surface area (Å²) in [4.78, 5) is 9.13. The lowest BCUT2D eigenvalue weighted by Crippen LogP contribution is -2.48. The molecule has 0 saturated carbocycles. The Labute approximate surface area is 195 Å². The quantitative estimate of drug-likeness (QED) is 0.342. The number of anilines is 1. The van der Waals surface area contributed by atoms with Crippen LogP contribution in [0.25, 0.3) is 0 Å². The van der Waals surface area contributed by atoms with Crippen molar-refractivity contribution in [1.82, 2.24) is 10.2 Å². The Bertz CT molecular complexity index is 670. The van der Waals surface area contributed by atoms with Gasteiger partial charge in [0.25, 0.3) is 0 Å². The summed E-state index contributed by atoms with van der Waals surface area (Å²) < 4.78 is 14.7. The van der Waals surface area contributed by atoms with E-state index in [-0.39, 0.29) is 35.9 Å². The van der Waals surface area contributed by atoms with E-state index in [0.717, 1.165) is 36.9 Å². The number of guanidine groups is 1. The highest BCUT2D eigenvalue weighted by Gasteiger charge is 2.22. The van der Waals surface area contributed by atoms with E-state index in [1.54, 1.807) is 6.07 Å². The molecule has 3 rings (SSSR count). The van der Waals surface area contributed by atoms with Gasteiger partial charge >= 0.3 is 0 Å². The van der Waals surface area contributed by atoms with Gasteiger partial charge < -0.3 is 20.2 Å². The Balaban J connectivity index is 0.00000300. The maximum Gasteiger partial charge on any atom is 0.194 e. The van der Waals surface area contributed by atoms with Gasteiger partial charge in [-0.1, -0.05) is 13.0 Å². The summed E-state index contributed by atoms with van der Waals surface area (Å²) in [5.74, 6) is 1.85. The van der Waals surface area contributed by atoms with E-state index < -0.39 is 0 Å². The Morgan fingerprint density at radius 2 is 2.03 bits per heavy atom. The van der Waals surface area contributed by atoms with Crippen LogP contribution in [-0.2, 0) is 6.54 Å². The monoisotopic (exact) mass is 536 g/mol. The minimum Gasteiger partial charge on any atom is -0.393 e. The van der Waals surface area contributed by atoms with Crippen LogP contribution in [0, 0.1) is 5.82 Å². The van der Waals surface area contributed by atoms with Crippen molar-refractivity contribution in [2.75, 3.05) is 43.4 Å². The number of benzene rings is 1. The number of hydrogen-bond acceptors (Lipinski definition) is 4. The average Bonchev–Trinajstić information content (AvgIpc) is 2.72. The number of rotatable bonds is 5. The second kappa shape index (κ2) is 12.2. The highest BCUT2D eigenvalue weighted by Crippen LogP contribution is 2.25. The van der Waals surface area contributed by atoms with E-state index in [1.807, 2.05) is 28.8 Å². The van der Waals surface area contributed by atoms with Gasteiger partial charge in [0.1, 0.15) is 5.82 Å². The van der Waals surface area contributed by atoms with E-state index in [1.165, 1.54) is 6.42 Å². The maximum absolute atomic E-state index is 14.7. The van der Waals surface area contributed by atoms with Gasteiger partial charge in [-0.3, -0.25) is 0 Å². The fourth-order valence-electron chi connectivity index (χ4n) is 3.76. The second-order valence-corrected chi connectivity index (χ2v) is 8.93. The molecule has 0 bridgehead atoms. The number of piperidine rings is 1. The number of thioether (sulfide) groups is 1. The molecule has 2 aliphatic rings. The van der Waals surface area contributed by atoms with Crippen LogP contribution in [0.4, 0.5) is 10.1 Å². The number of aliphatic hydroxyl groups is 1. The van der Waals surface area contributed by atoms with Crippen molar-refractivity contribution in [3.8, 4) is 0 Å². The summed E-state index contributed by atoms with van der Waals surface area (Å²) >= 11 is 2.04. The zero-order valence-electron chi connectivity index (χ0n) is 17.4. The fourth-order valence-corrected chi connectivity index (χ4v) is 4.94. The standard InChI is InChI=1S/C21H33FN4OS.HI/c1-3-18-15-26(11-12-28-18)21(23-4-2)24-14-16-5-6-20(19(22)13-16)25-9-7-17(27)8-10-25;/h5-6,13,17-18,27H,3-4,7-12,14-15H2,1-2H3,(H,23,24);1H. The summed E-state index contributed by atoms with van der Waals surface area (Å²) in [5.41, 5.74) is 1.51. The number of nitrogens with zero attached hydrogens (tertiary/aromatic N) is 3. The Hall–Kier alpha value is -0.740. The molecule has 8 heteroatoms. The molecule has 2 N–H and O–H groups in total. The molecule has 2 aliphatic heterocycles. The third-order valence-electron chi connectivity index (χ3n) is 5.46. The van der Waals surface area contributed by atoms with Gasteiger partial charge in [0.15, 0.2) is 5.96 Å². The highest BCUT2D eigenvalue weighted by atomic mass is 127. The molecular weight excluding hydrogens is 502 g/mol. The van der Waals surface area contributed by atoms with Gasteiger partial charge in [-0.2, -0.15) is 11.8 Å². The molecule has 0 aromatic heterocycles. The molecule has 1 aromatic rings. The highest BCUT2D eigenvalue weighted by molar-refractivity contribution is 14.0. The van der Waals surface area contributed by atoms with E-state index in [9.17, 15) is 9.50 Å². The molecule has 5 nitrogen and oxygen atoms in total. The first-order chi connectivity index (χ1) is 13.6. The van der Waals surface area contributed by atoms with E-state index in [4.69, 9.17) is 4.99 Å². The van der Waals surface area contributed by atoms with Crippen LogP contribution in [0.5, 0.6) is 0 Å². The molecule has 0 radical (unpaired) electrons. The third kappa shape index (κ3) is 6.89. The van der Waals surface area contributed by atoms with Crippen molar-refractivity contribution < 1.29 is 9.50 Å². The molecule has 0 aliphatic carbocycles. The number of aliphatic imine (C=N–C) groups is 1. The number of halogens is 2. The molecule has 164 valence electrons. The first-order valence-corrected chi connectivity index (χ1v) is 11.5. The summed E-state index contributed by atoms with van der Waals surface area (Å²) in [6.45, 7) is 9.03. The van der Waals surface area contributed by atoms with Crippen LogP contribution < -0.4 is 10.2 Å². The van der Waals surface area contributed by atoms with Crippen LogP contribution in [0.3, 0.4) is 0 Å². The van der Waals surface area contributed by atoms with Crippen molar-refractivity contribution in [2.45, 2.75) is 51.0 Å². The summed E-state index contributed by atoms with van der Waals surface area (Å²) in [6, 6.07) is 5.43. The zero-order valence-corrected chi connectivity index (χ0v) is 20.6. The van der Waals surface area contributed by atoms with E-state index in [2.05, 4.69) is 24.1 Å². The molecule has 0 spiro atoms. The smallest absolute Gasteiger partial charge is 0.194 e. The van der Waals surface area contributed by atoms with Crippen LogP contribution in [0.1, 0.15) is 38.7 Å². The van der Waals surface area contributed by atoms with Crippen molar-refractivity contribution in [1.29, 1.82) is 0 Å². The van der Waals surface area contributed by atoms with Crippen molar-refractivity contribution in [3.63, 3.8) is 0 Å². The molecule has 1 aromatic carbocycles. The number of hydrogen-bond donors (Lipinski definition) is 2. The SMILES string of the molecule is CCNC(=NCc1ccc(N2CCC(O)CC2)c(F)c1)N1CCSC(CC)C1.I. The second-order valence-electron chi connectivity index (χ2n) is 7.52. The summed E-state index contributed by atoms with van der Waals surface area (Å²) in [7, 11) is 0. The van der Waals surface area contributed by atoms with E-state index >= 15 is 0 Å². The zero-order chi connectivity index (χ0) is 19.9. The average molecular weight is 536 g/mol. The van der Waals surface area contributed by atoms with Gasteiger partial charge in [-0.25, -0.2) is 9.38 Å². The lowest BCUT2D eigenvalue weighted by atomic mass is 10.1. The van der Waals surface area contributed by atoms with Gasteiger partial charge in [0.2, 0.25) is 0 Å². The molecule has 29 heavy (non-hydrogen) atoms. The first kappa shape index (κ1) is 24.5. The summed E-state index contributed by atoms with van der Waals surface area (Å²) in [5, 5.41) is 13.7. The maximum atomic E-state index is 14.7. The van der Waals surface area contributed by atoms with E-state index in [0.29, 0.717) is 43.4 Å². The van der Waals surface area contributed by atoms with Crippen molar-refractivity contribution in [3.05, 3.63) is 29.6 Å². The van der Waals surface area contributed by atoms with Crippen LogP contribution >= 0.6 is 35.7 Å². The Morgan fingerprint density at radius 1 is 1.28 bits per heavy atom. The Kier molecular flexibility index (Phi) is 10.3. The largest absolute Gasteiger partial charge is 0.393 e. The minimum atomic E-state index is -0.252. The van der Waals surface area contributed by atoms with Gasteiger partial charge in [-0.15, -0.1) is 24.0 Å². The molecular formula is C21H34FIN4OS. The van der Waals surface area contributed by atoms with Gasteiger partial charge in [-0.05, 0) is 43.9 Å². The van der Waals surface area contributed by atoms with Gasteiger partial charge in [0.05, 0.1) is 18.3 Å². The summed E-state index contributed by atoms with van der Waals surface area (Å²) in [6.07, 6.45) is 2.31. The lowest BCUT2D eigenvalue weighted by Gasteiger charge is -2.34. The molecule has 1 unspecified atom stereocenters. The first-order valence-electron chi connectivity index (χ1n) is 10.5. The fraction of sp³-hybridized carbons (Fsp3) is 0.667. The van der Waals surface area contributed by atoms with Crippen molar-refractivity contribution in [2.24, 2.45) is 4.99 Å². The minimum absolute atomic E-state index is 0. The van der Waals surface area contributed by atoms with Crippen LogP contribution in [0.2, 0.25) is 0 Å². The van der Waals surface area contributed by atoms with Gasteiger partial charge in [0, 0.05) is 43.7 Å². The predicted molar refractivity (Wildman–Crippen MR) is 132 cm³/mol. The lowest BCUT2D eigenvalue weighted by molar-refractivity contribution is 0.145. The molecule has 2 fully saturated rings. The van der Waals surface area contributed by atoms with Crippen molar-refractivity contribution >= 4 is 47.4 Å². The molecule has 0 amide bonds. The Morgan fingerprint density at radius 3 is 2.69 bits per heavy atom. The number of nitrogens with one attached hydrogen (secondary N) is 1. The van der Waals surface area contributed by atoms with Crippen LogP contribution in [0.15, 0.2) is 23.2 Å². The molecule has 2 saturated heterocycles. The molecule has 1 atom stereocenters.